The van der Waals surface area contributed by atoms with Crippen LogP contribution in [0.15, 0.2) is 41.2 Å². The van der Waals surface area contributed by atoms with Crippen LogP contribution in [0.2, 0.25) is 0 Å². The van der Waals surface area contributed by atoms with Gasteiger partial charge in [0.25, 0.3) is 0 Å². The van der Waals surface area contributed by atoms with Crippen molar-refractivity contribution in [2.24, 2.45) is 7.05 Å². The number of hydrogen-bond acceptors (Lipinski definition) is 3. The molecule has 0 unspecified atom stereocenters. The van der Waals surface area contributed by atoms with Crippen LogP contribution in [0.5, 0.6) is 11.5 Å². The van der Waals surface area contributed by atoms with Crippen LogP contribution in [0.4, 0.5) is 0 Å². The molecule has 0 aliphatic heterocycles. The van der Waals surface area contributed by atoms with Crippen LogP contribution in [-0.4, -0.2) is 16.8 Å². The zero-order valence-electron chi connectivity index (χ0n) is 10.7. The van der Waals surface area contributed by atoms with Crippen LogP contribution in [0.25, 0.3) is 21.8 Å². The van der Waals surface area contributed by atoms with Crippen molar-refractivity contribution < 1.29 is 9.84 Å². The van der Waals surface area contributed by atoms with Crippen molar-refractivity contribution in [3.8, 4) is 11.5 Å². The Morgan fingerprint density at radius 3 is 2.37 bits per heavy atom. The van der Waals surface area contributed by atoms with Crippen LogP contribution >= 0.6 is 0 Å². The Bertz CT molecular complexity index is 849. The fourth-order valence-corrected chi connectivity index (χ4v) is 2.49. The van der Waals surface area contributed by atoms with Gasteiger partial charge in [-0.15, -0.1) is 0 Å². The van der Waals surface area contributed by atoms with Crippen LogP contribution in [0.1, 0.15) is 0 Å². The molecule has 3 aromatic rings. The van der Waals surface area contributed by atoms with Gasteiger partial charge in [-0.2, -0.15) is 0 Å². The van der Waals surface area contributed by atoms with Gasteiger partial charge in [0.1, 0.15) is 11.5 Å². The van der Waals surface area contributed by atoms with Gasteiger partial charge < -0.3 is 14.4 Å². The molecule has 0 amide bonds. The summed E-state index contributed by atoms with van der Waals surface area (Å²) in [5.74, 6) is 0.508. The summed E-state index contributed by atoms with van der Waals surface area (Å²) in [6.45, 7) is 0. The van der Waals surface area contributed by atoms with E-state index in [4.69, 9.17) is 4.74 Å². The quantitative estimate of drug-likeness (QED) is 0.679. The molecule has 0 aliphatic rings. The summed E-state index contributed by atoms with van der Waals surface area (Å²) in [6.07, 6.45) is 0. The zero-order valence-corrected chi connectivity index (χ0v) is 10.7. The zero-order chi connectivity index (χ0) is 13.6. The maximum absolute atomic E-state index is 12.6. The fourth-order valence-electron chi connectivity index (χ4n) is 2.49. The number of ether oxygens (including phenoxy) is 1. The fraction of sp³-hybridized carbons (Fsp3) is 0.133. The first-order valence-electron chi connectivity index (χ1n) is 5.92. The number of aryl methyl sites for hydroxylation is 1. The van der Waals surface area contributed by atoms with Crippen molar-refractivity contribution in [3.63, 3.8) is 0 Å². The second kappa shape index (κ2) is 4.02. The monoisotopic (exact) mass is 255 g/mol. The predicted molar refractivity (Wildman–Crippen MR) is 74.9 cm³/mol. The number of rotatable bonds is 1. The van der Waals surface area contributed by atoms with Crippen LogP contribution in [0, 0.1) is 0 Å². The van der Waals surface area contributed by atoms with E-state index >= 15 is 0 Å². The Balaban J connectivity index is 2.70. The Morgan fingerprint density at radius 1 is 1.05 bits per heavy atom. The van der Waals surface area contributed by atoms with Crippen molar-refractivity contribution in [1.82, 2.24) is 4.57 Å². The Morgan fingerprint density at radius 2 is 1.68 bits per heavy atom. The van der Waals surface area contributed by atoms with Gasteiger partial charge in [-0.25, -0.2) is 0 Å². The first-order chi connectivity index (χ1) is 9.15. The van der Waals surface area contributed by atoms with Crippen molar-refractivity contribution in [2.45, 2.75) is 0 Å². The first-order valence-corrected chi connectivity index (χ1v) is 5.92. The van der Waals surface area contributed by atoms with Gasteiger partial charge in [0.05, 0.1) is 28.9 Å². The number of phenolic OH excluding ortho intramolecular Hbond substituents is 1. The van der Waals surface area contributed by atoms with E-state index in [1.54, 1.807) is 12.1 Å². The van der Waals surface area contributed by atoms with Crippen LogP contribution < -0.4 is 10.2 Å². The molecule has 0 fully saturated rings. The molecule has 1 N–H and O–H groups in total. The number of hydrogen-bond donors (Lipinski definition) is 1. The summed E-state index contributed by atoms with van der Waals surface area (Å²) >= 11 is 0. The average molecular weight is 255 g/mol. The third-order valence-corrected chi connectivity index (χ3v) is 3.42. The van der Waals surface area contributed by atoms with E-state index in [-0.39, 0.29) is 11.2 Å². The Kier molecular flexibility index (Phi) is 2.45. The highest BCUT2D eigenvalue weighted by molar-refractivity contribution is 5.98. The van der Waals surface area contributed by atoms with Gasteiger partial charge in [-0.1, -0.05) is 12.1 Å². The molecule has 1 aromatic heterocycles. The Hall–Kier alpha value is -2.49. The molecular formula is C15H13NO3. The smallest absolute Gasteiger partial charge is 0.204 e. The van der Waals surface area contributed by atoms with E-state index in [0.717, 1.165) is 5.52 Å². The molecule has 4 heteroatoms. The minimum Gasteiger partial charge on any atom is -0.507 e. The summed E-state index contributed by atoms with van der Waals surface area (Å²) in [6, 6.07) is 10.5. The van der Waals surface area contributed by atoms with Gasteiger partial charge in [0.2, 0.25) is 5.43 Å². The summed E-state index contributed by atoms with van der Waals surface area (Å²) in [4.78, 5) is 12.6. The second-order valence-corrected chi connectivity index (χ2v) is 4.41. The molecule has 0 bridgehead atoms. The lowest BCUT2D eigenvalue weighted by molar-refractivity contribution is 0.419. The first kappa shape index (κ1) is 11.6. The number of aromatic nitrogens is 1. The highest BCUT2D eigenvalue weighted by atomic mass is 16.5. The van der Waals surface area contributed by atoms with Gasteiger partial charge >= 0.3 is 0 Å². The Labute approximate surface area is 109 Å². The number of phenols is 1. The number of fused-ring (bicyclic) bond motifs is 2. The van der Waals surface area contributed by atoms with Crippen molar-refractivity contribution >= 4 is 21.8 Å². The molecule has 0 saturated heterocycles. The van der Waals surface area contributed by atoms with Crippen molar-refractivity contribution in [2.75, 3.05) is 7.11 Å². The lowest BCUT2D eigenvalue weighted by Gasteiger charge is -2.13. The van der Waals surface area contributed by atoms with E-state index in [2.05, 4.69) is 0 Å². The standard InChI is InChI=1S/C15H13NO3/c1-16-9-5-3-7-11(17)13(9)15(18)14-10(16)6-4-8-12(14)19-2/h3-8,17H,1-2H3. The molecule has 4 nitrogen and oxygen atoms in total. The summed E-state index contributed by atoms with van der Waals surface area (Å²) in [5.41, 5.74) is 1.27. The van der Waals surface area contributed by atoms with Crippen molar-refractivity contribution in [1.29, 1.82) is 0 Å². The molecule has 0 atom stereocenters. The summed E-state index contributed by atoms with van der Waals surface area (Å²) in [5, 5.41) is 10.8. The summed E-state index contributed by atoms with van der Waals surface area (Å²) < 4.78 is 7.14. The molecule has 1 heterocycles. The molecule has 3 rings (SSSR count). The lowest BCUT2D eigenvalue weighted by atomic mass is 10.1. The molecule has 19 heavy (non-hydrogen) atoms. The van der Waals surface area contributed by atoms with E-state index in [1.165, 1.54) is 13.2 Å². The number of methoxy groups -OCH3 is 1. The molecular weight excluding hydrogens is 242 g/mol. The van der Waals surface area contributed by atoms with E-state index in [9.17, 15) is 9.90 Å². The minimum absolute atomic E-state index is 0.00842. The molecule has 0 spiro atoms. The maximum Gasteiger partial charge on any atom is 0.204 e. The maximum atomic E-state index is 12.6. The molecule has 0 radical (unpaired) electrons. The van der Waals surface area contributed by atoms with Crippen molar-refractivity contribution in [3.05, 3.63) is 46.6 Å². The molecule has 96 valence electrons. The molecule has 0 saturated carbocycles. The normalized spacial score (nSPS) is 11.1. The van der Waals surface area contributed by atoms with Gasteiger partial charge in [0.15, 0.2) is 0 Å². The molecule has 2 aromatic carbocycles. The molecule has 0 aliphatic carbocycles. The number of nitrogens with zero attached hydrogens (tertiary/aromatic N) is 1. The minimum atomic E-state index is -0.210. The third kappa shape index (κ3) is 1.50. The predicted octanol–water partition coefficient (Wildman–Crippen LogP) is 2.41. The lowest BCUT2D eigenvalue weighted by Crippen LogP contribution is -2.10. The SMILES string of the molecule is COc1cccc2c1c(=O)c1c(O)cccc1n2C. The highest BCUT2D eigenvalue weighted by Crippen LogP contribution is 2.28. The van der Waals surface area contributed by atoms with Gasteiger partial charge in [-0.3, -0.25) is 4.79 Å². The van der Waals surface area contributed by atoms with E-state index in [1.807, 2.05) is 29.8 Å². The second-order valence-electron chi connectivity index (χ2n) is 4.41. The highest BCUT2D eigenvalue weighted by Gasteiger charge is 2.14. The van der Waals surface area contributed by atoms with Gasteiger partial charge in [-0.05, 0) is 24.3 Å². The topological polar surface area (TPSA) is 51.5 Å². The number of benzene rings is 2. The third-order valence-electron chi connectivity index (χ3n) is 3.42. The number of aromatic hydroxyl groups is 1. The van der Waals surface area contributed by atoms with Crippen LogP contribution in [0.3, 0.4) is 0 Å². The van der Waals surface area contributed by atoms with E-state index < -0.39 is 0 Å². The average Bonchev–Trinajstić information content (AvgIpc) is 2.43. The van der Waals surface area contributed by atoms with Crippen LogP contribution in [-0.2, 0) is 7.05 Å². The van der Waals surface area contributed by atoms with E-state index in [0.29, 0.717) is 22.0 Å². The number of pyridine rings is 1. The largest absolute Gasteiger partial charge is 0.507 e. The van der Waals surface area contributed by atoms with Gasteiger partial charge in [0, 0.05) is 7.05 Å². The summed E-state index contributed by atoms with van der Waals surface area (Å²) in [7, 11) is 3.40.